The van der Waals surface area contributed by atoms with Gasteiger partial charge < -0.3 is 25.8 Å². The van der Waals surface area contributed by atoms with E-state index in [0.29, 0.717) is 0 Å². The molecular weight excluding hydrogens is 206 g/mol. The molecular formula is C8H17NO4S. The van der Waals surface area contributed by atoms with E-state index in [1.165, 1.54) is 11.8 Å². The Hall–Kier alpha value is 0.150. The van der Waals surface area contributed by atoms with Crippen molar-refractivity contribution in [2.24, 2.45) is 5.73 Å². The van der Waals surface area contributed by atoms with Crippen LogP contribution < -0.4 is 5.73 Å². The molecule has 1 rings (SSSR count). The van der Waals surface area contributed by atoms with Crippen molar-refractivity contribution in [3.63, 3.8) is 0 Å². The van der Waals surface area contributed by atoms with Gasteiger partial charge in [-0.25, -0.2) is 0 Å². The van der Waals surface area contributed by atoms with Crippen LogP contribution in [0.3, 0.4) is 0 Å². The number of thioether (sulfide) groups is 1. The van der Waals surface area contributed by atoms with E-state index >= 15 is 0 Å². The Bertz CT molecular complexity index is 179. The summed E-state index contributed by atoms with van der Waals surface area (Å²) in [6, 6.07) is -0.759. The van der Waals surface area contributed by atoms with Gasteiger partial charge in [-0.2, -0.15) is 0 Å². The van der Waals surface area contributed by atoms with Crippen LogP contribution in [0.5, 0.6) is 0 Å². The molecule has 1 aliphatic heterocycles. The smallest absolute Gasteiger partial charge is 0.131 e. The van der Waals surface area contributed by atoms with Gasteiger partial charge in [0.15, 0.2) is 0 Å². The van der Waals surface area contributed by atoms with E-state index in [9.17, 15) is 10.2 Å². The standard InChI is InChI=1S/C8H17NO4S/c1-2-14-8-7(12)5(9)6(11)4(3-10)13-8/h4-8,10-12H,2-3,9H2,1H3/t4-,5-,6-,7-,8?/m1/s1. The van der Waals surface area contributed by atoms with Crippen molar-refractivity contribution < 1.29 is 20.1 Å². The highest BCUT2D eigenvalue weighted by molar-refractivity contribution is 7.99. The summed E-state index contributed by atoms with van der Waals surface area (Å²) in [5, 5.41) is 28.1. The van der Waals surface area contributed by atoms with Crippen LogP contribution in [0, 0.1) is 0 Å². The molecule has 1 fully saturated rings. The summed E-state index contributed by atoms with van der Waals surface area (Å²) >= 11 is 1.41. The van der Waals surface area contributed by atoms with Gasteiger partial charge in [0.05, 0.1) is 12.6 Å². The van der Waals surface area contributed by atoms with Crippen molar-refractivity contribution in [2.75, 3.05) is 12.4 Å². The maximum absolute atomic E-state index is 9.64. The molecule has 1 heterocycles. The quantitative estimate of drug-likeness (QED) is 0.465. The van der Waals surface area contributed by atoms with Crippen molar-refractivity contribution in [1.29, 1.82) is 0 Å². The van der Waals surface area contributed by atoms with Gasteiger partial charge >= 0.3 is 0 Å². The molecule has 1 aliphatic rings. The van der Waals surface area contributed by atoms with Crippen LogP contribution in [0.2, 0.25) is 0 Å². The number of rotatable bonds is 3. The van der Waals surface area contributed by atoms with Gasteiger partial charge in [-0.15, -0.1) is 11.8 Å². The van der Waals surface area contributed by atoms with Gasteiger partial charge in [-0.3, -0.25) is 0 Å². The van der Waals surface area contributed by atoms with E-state index in [1.54, 1.807) is 0 Å². The monoisotopic (exact) mass is 223 g/mol. The number of hydrogen-bond donors (Lipinski definition) is 4. The molecule has 0 amide bonds. The first-order chi connectivity index (χ1) is 6.61. The third-order valence-corrected chi connectivity index (χ3v) is 3.32. The van der Waals surface area contributed by atoms with E-state index in [4.69, 9.17) is 15.6 Å². The Labute approximate surface area is 87.2 Å². The van der Waals surface area contributed by atoms with Crippen LogP contribution in [0.4, 0.5) is 0 Å². The zero-order valence-corrected chi connectivity index (χ0v) is 8.85. The molecule has 84 valence electrons. The maximum atomic E-state index is 9.64. The molecule has 5 N–H and O–H groups in total. The average Bonchev–Trinajstić information content (AvgIpc) is 2.19. The van der Waals surface area contributed by atoms with Crippen LogP contribution >= 0.6 is 11.8 Å². The van der Waals surface area contributed by atoms with E-state index in [0.717, 1.165) is 5.75 Å². The summed E-state index contributed by atoms with van der Waals surface area (Å²) in [5.74, 6) is 0.780. The van der Waals surface area contributed by atoms with Crippen molar-refractivity contribution in [3.05, 3.63) is 0 Å². The van der Waals surface area contributed by atoms with Gasteiger partial charge in [0, 0.05) is 0 Å². The minimum absolute atomic E-state index is 0.289. The highest BCUT2D eigenvalue weighted by Gasteiger charge is 2.42. The largest absolute Gasteiger partial charge is 0.394 e. The van der Waals surface area contributed by atoms with E-state index < -0.39 is 29.8 Å². The number of nitrogens with two attached hydrogens (primary N) is 1. The van der Waals surface area contributed by atoms with Crippen LogP contribution in [0.15, 0.2) is 0 Å². The van der Waals surface area contributed by atoms with Crippen LogP contribution in [0.25, 0.3) is 0 Å². The molecule has 6 heteroatoms. The van der Waals surface area contributed by atoms with E-state index in [1.807, 2.05) is 6.92 Å². The Morgan fingerprint density at radius 2 is 2.00 bits per heavy atom. The summed E-state index contributed by atoms with van der Waals surface area (Å²) in [7, 11) is 0. The third-order valence-electron chi connectivity index (χ3n) is 2.27. The molecule has 0 spiro atoms. The highest BCUT2D eigenvalue weighted by atomic mass is 32.2. The molecule has 1 unspecified atom stereocenters. The van der Waals surface area contributed by atoms with Gasteiger partial charge in [0.1, 0.15) is 23.7 Å². The lowest BCUT2D eigenvalue weighted by atomic mass is 9.98. The molecule has 0 radical (unpaired) electrons. The lowest BCUT2D eigenvalue weighted by molar-refractivity contribution is -0.159. The minimum atomic E-state index is -1.01. The summed E-state index contributed by atoms with van der Waals surface area (Å²) in [6.45, 7) is 1.65. The number of aliphatic hydroxyl groups excluding tert-OH is 3. The number of aliphatic hydroxyl groups is 3. The summed E-state index contributed by atoms with van der Waals surface area (Å²) in [6.07, 6.45) is -2.60. The van der Waals surface area contributed by atoms with Crippen LogP contribution in [0.1, 0.15) is 6.92 Å². The fourth-order valence-electron chi connectivity index (χ4n) is 1.42. The summed E-state index contributed by atoms with van der Waals surface area (Å²) < 4.78 is 5.30. The molecule has 0 saturated carbocycles. The first kappa shape index (κ1) is 12.2. The topological polar surface area (TPSA) is 95.9 Å². The molecule has 14 heavy (non-hydrogen) atoms. The zero-order valence-electron chi connectivity index (χ0n) is 8.04. The fraction of sp³-hybridized carbons (Fsp3) is 1.00. The van der Waals surface area contributed by atoms with Gasteiger partial charge in [-0.1, -0.05) is 6.92 Å². The van der Waals surface area contributed by atoms with Gasteiger partial charge in [0.25, 0.3) is 0 Å². The molecule has 1 saturated heterocycles. The molecule has 0 aromatic rings. The zero-order chi connectivity index (χ0) is 10.7. The SMILES string of the molecule is CCSC1O[C@H](CO)[C@@H](O)[C@@H](N)[C@H]1O. The van der Waals surface area contributed by atoms with E-state index in [2.05, 4.69) is 0 Å². The molecule has 5 nitrogen and oxygen atoms in total. The van der Waals surface area contributed by atoms with Crippen molar-refractivity contribution in [3.8, 4) is 0 Å². The normalized spacial score (nSPS) is 43.9. The van der Waals surface area contributed by atoms with Crippen LogP contribution in [-0.4, -0.2) is 57.5 Å². The fourth-order valence-corrected chi connectivity index (χ4v) is 2.35. The van der Waals surface area contributed by atoms with Crippen molar-refractivity contribution in [1.82, 2.24) is 0 Å². The Morgan fingerprint density at radius 3 is 2.50 bits per heavy atom. The second kappa shape index (κ2) is 5.29. The lowest BCUT2D eigenvalue weighted by Gasteiger charge is -2.40. The first-order valence-electron chi connectivity index (χ1n) is 4.61. The van der Waals surface area contributed by atoms with Gasteiger partial charge in [-0.05, 0) is 5.75 Å². The Balaban J connectivity index is 2.63. The van der Waals surface area contributed by atoms with Gasteiger partial charge in [0.2, 0.25) is 0 Å². The Morgan fingerprint density at radius 1 is 1.36 bits per heavy atom. The number of hydrogen-bond acceptors (Lipinski definition) is 6. The molecule has 5 atom stereocenters. The first-order valence-corrected chi connectivity index (χ1v) is 5.66. The predicted molar refractivity (Wildman–Crippen MR) is 53.9 cm³/mol. The highest BCUT2D eigenvalue weighted by Crippen LogP contribution is 2.27. The second-order valence-electron chi connectivity index (χ2n) is 3.24. The molecule has 0 bridgehead atoms. The lowest BCUT2D eigenvalue weighted by Crippen LogP contribution is -2.61. The predicted octanol–water partition coefficient (Wildman–Crippen LogP) is -1.49. The van der Waals surface area contributed by atoms with E-state index in [-0.39, 0.29) is 6.61 Å². The van der Waals surface area contributed by atoms with Crippen LogP contribution in [-0.2, 0) is 4.74 Å². The summed E-state index contributed by atoms with van der Waals surface area (Å²) in [4.78, 5) is 0. The maximum Gasteiger partial charge on any atom is 0.131 e. The number of ether oxygens (including phenoxy) is 1. The minimum Gasteiger partial charge on any atom is -0.394 e. The summed E-state index contributed by atoms with van der Waals surface area (Å²) in [5.41, 5.74) is 5.14. The molecule has 0 aromatic carbocycles. The van der Waals surface area contributed by atoms with Crippen molar-refractivity contribution >= 4 is 11.8 Å². The van der Waals surface area contributed by atoms with Crippen molar-refractivity contribution in [2.45, 2.75) is 36.7 Å². The molecule has 0 aromatic heterocycles. The Kier molecular flexibility index (Phi) is 4.62. The average molecular weight is 223 g/mol. The second-order valence-corrected chi connectivity index (χ2v) is 4.61. The molecule has 0 aliphatic carbocycles. The third kappa shape index (κ3) is 2.39.